The van der Waals surface area contributed by atoms with Gasteiger partial charge in [-0.25, -0.2) is 9.78 Å². The molecule has 3 heterocycles. The minimum atomic E-state index is -0.260. The third-order valence-corrected chi connectivity index (χ3v) is 6.36. The van der Waals surface area contributed by atoms with Gasteiger partial charge in [-0.3, -0.25) is 4.79 Å². The Bertz CT molecular complexity index is 1270. The van der Waals surface area contributed by atoms with Crippen molar-refractivity contribution in [2.75, 3.05) is 48.5 Å². The van der Waals surface area contributed by atoms with Crippen molar-refractivity contribution in [1.82, 2.24) is 9.88 Å². The lowest BCUT2D eigenvalue weighted by Crippen LogP contribution is -2.50. The van der Waals surface area contributed by atoms with Crippen LogP contribution in [0.2, 0.25) is 0 Å². The molecule has 9 heteroatoms. The van der Waals surface area contributed by atoms with Crippen LogP contribution in [0.5, 0.6) is 11.5 Å². The molecule has 186 valence electrons. The molecule has 1 aromatic heterocycles. The fourth-order valence-electron chi connectivity index (χ4n) is 4.41. The van der Waals surface area contributed by atoms with Crippen LogP contribution in [0.1, 0.15) is 35.7 Å². The number of amides is 3. The third kappa shape index (κ3) is 4.91. The lowest BCUT2D eigenvalue weighted by molar-refractivity contribution is 0.102. The average molecular weight is 488 g/mol. The van der Waals surface area contributed by atoms with Gasteiger partial charge in [-0.1, -0.05) is 32.0 Å². The highest BCUT2D eigenvalue weighted by Gasteiger charge is 2.25. The standard InChI is InChI=1S/C27H29N5O4/c1-18(2)20-6-3-4-7-21(20)30-27(34)32-14-12-31(13-15-32)25-22(8-5-11-28-25)29-26(33)19-9-10-23-24(16-19)36-17-35-23/h3-11,16,18H,12-15,17H2,1-2H3,(H,29,33)(H,30,34). The van der Waals surface area contributed by atoms with Gasteiger partial charge in [0.15, 0.2) is 17.3 Å². The summed E-state index contributed by atoms with van der Waals surface area (Å²) in [5, 5.41) is 6.03. The molecule has 0 spiro atoms. The van der Waals surface area contributed by atoms with E-state index < -0.39 is 0 Å². The Morgan fingerprint density at radius 3 is 2.44 bits per heavy atom. The number of nitrogens with zero attached hydrogens (tertiary/aromatic N) is 3. The quantitative estimate of drug-likeness (QED) is 0.549. The summed E-state index contributed by atoms with van der Waals surface area (Å²) >= 11 is 0. The van der Waals surface area contributed by atoms with Crippen molar-refractivity contribution in [3.63, 3.8) is 0 Å². The number of hydrogen-bond acceptors (Lipinski definition) is 6. The number of benzene rings is 2. The van der Waals surface area contributed by atoms with Crippen molar-refractivity contribution in [1.29, 1.82) is 0 Å². The molecule has 3 aromatic rings. The van der Waals surface area contributed by atoms with Crippen LogP contribution >= 0.6 is 0 Å². The summed E-state index contributed by atoms with van der Waals surface area (Å²) in [5.74, 6) is 1.91. The lowest BCUT2D eigenvalue weighted by Gasteiger charge is -2.36. The van der Waals surface area contributed by atoms with E-state index >= 15 is 0 Å². The number of ether oxygens (including phenoxy) is 2. The van der Waals surface area contributed by atoms with E-state index in [2.05, 4.69) is 34.4 Å². The molecule has 0 unspecified atom stereocenters. The van der Waals surface area contributed by atoms with E-state index in [1.54, 1.807) is 35.4 Å². The molecule has 5 rings (SSSR count). The molecule has 0 saturated carbocycles. The number of para-hydroxylation sites is 1. The van der Waals surface area contributed by atoms with Crippen LogP contribution < -0.4 is 25.0 Å². The second kappa shape index (κ2) is 10.2. The fraction of sp³-hybridized carbons (Fsp3) is 0.296. The Hall–Kier alpha value is -4.27. The molecule has 2 aliphatic heterocycles. The largest absolute Gasteiger partial charge is 0.454 e. The molecule has 0 atom stereocenters. The summed E-state index contributed by atoms with van der Waals surface area (Å²) < 4.78 is 10.7. The highest BCUT2D eigenvalue weighted by molar-refractivity contribution is 6.06. The molecule has 0 bridgehead atoms. The molecule has 1 saturated heterocycles. The van der Waals surface area contributed by atoms with Crippen LogP contribution in [0.25, 0.3) is 0 Å². The normalized spacial score (nSPS) is 14.6. The highest BCUT2D eigenvalue weighted by Crippen LogP contribution is 2.33. The maximum Gasteiger partial charge on any atom is 0.321 e. The Labute approximate surface area is 210 Å². The Morgan fingerprint density at radius 1 is 0.889 bits per heavy atom. The van der Waals surface area contributed by atoms with Gasteiger partial charge in [0.1, 0.15) is 0 Å². The number of anilines is 3. The number of aromatic nitrogens is 1. The van der Waals surface area contributed by atoms with Crippen LogP contribution in [0.4, 0.5) is 22.0 Å². The van der Waals surface area contributed by atoms with Crippen molar-refractivity contribution in [3.8, 4) is 11.5 Å². The summed E-state index contributed by atoms with van der Waals surface area (Å²) in [6, 6.07) is 16.5. The number of rotatable bonds is 5. The number of carbonyl (C=O) groups excluding carboxylic acids is 2. The van der Waals surface area contributed by atoms with Gasteiger partial charge in [0, 0.05) is 43.6 Å². The summed E-state index contributed by atoms with van der Waals surface area (Å²) in [4.78, 5) is 34.3. The fourth-order valence-corrected chi connectivity index (χ4v) is 4.41. The molecular formula is C27H29N5O4. The first-order valence-electron chi connectivity index (χ1n) is 12.1. The Morgan fingerprint density at radius 2 is 1.64 bits per heavy atom. The van der Waals surface area contributed by atoms with E-state index in [9.17, 15) is 9.59 Å². The number of piperazine rings is 1. The van der Waals surface area contributed by atoms with E-state index in [1.165, 1.54) is 0 Å². The van der Waals surface area contributed by atoms with Crippen LogP contribution in [0.15, 0.2) is 60.8 Å². The van der Waals surface area contributed by atoms with Crippen molar-refractivity contribution < 1.29 is 19.1 Å². The van der Waals surface area contributed by atoms with E-state index in [4.69, 9.17) is 9.47 Å². The summed E-state index contributed by atoms with van der Waals surface area (Å²) in [6.45, 7) is 6.66. The summed E-state index contributed by atoms with van der Waals surface area (Å²) in [7, 11) is 0. The predicted molar refractivity (Wildman–Crippen MR) is 138 cm³/mol. The van der Waals surface area contributed by atoms with E-state index in [0.29, 0.717) is 60.7 Å². The minimum Gasteiger partial charge on any atom is -0.454 e. The first kappa shape index (κ1) is 23.5. The Balaban J connectivity index is 1.23. The van der Waals surface area contributed by atoms with Gasteiger partial charge in [-0.2, -0.15) is 0 Å². The van der Waals surface area contributed by atoms with Crippen LogP contribution in [0, 0.1) is 0 Å². The molecule has 3 amide bonds. The number of pyridine rings is 1. The van der Waals surface area contributed by atoms with E-state index in [-0.39, 0.29) is 18.7 Å². The molecule has 1 fully saturated rings. The van der Waals surface area contributed by atoms with E-state index in [1.807, 2.05) is 30.3 Å². The van der Waals surface area contributed by atoms with Gasteiger partial charge in [0.2, 0.25) is 6.79 Å². The van der Waals surface area contributed by atoms with E-state index in [0.717, 1.165) is 11.3 Å². The molecule has 0 radical (unpaired) electrons. The zero-order valence-corrected chi connectivity index (χ0v) is 20.4. The number of urea groups is 1. The van der Waals surface area contributed by atoms with Gasteiger partial charge in [0.05, 0.1) is 5.69 Å². The predicted octanol–water partition coefficient (Wildman–Crippen LogP) is 4.54. The highest BCUT2D eigenvalue weighted by atomic mass is 16.7. The molecule has 0 aliphatic carbocycles. The smallest absolute Gasteiger partial charge is 0.321 e. The third-order valence-electron chi connectivity index (χ3n) is 6.36. The Kier molecular flexibility index (Phi) is 6.62. The minimum absolute atomic E-state index is 0.111. The SMILES string of the molecule is CC(C)c1ccccc1NC(=O)N1CCN(c2ncccc2NC(=O)c2ccc3c(c2)OCO3)CC1. The number of hydrogen-bond donors (Lipinski definition) is 2. The number of fused-ring (bicyclic) bond motifs is 1. The lowest BCUT2D eigenvalue weighted by atomic mass is 10.0. The molecule has 2 N–H and O–H groups in total. The molecule has 9 nitrogen and oxygen atoms in total. The van der Waals surface area contributed by atoms with Crippen LogP contribution in [-0.2, 0) is 0 Å². The van der Waals surface area contributed by atoms with Crippen LogP contribution in [0.3, 0.4) is 0 Å². The number of nitrogens with one attached hydrogen (secondary N) is 2. The molecular weight excluding hydrogens is 458 g/mol. The zero-order chi connectivity index (χ0) is 25.1. The van der Waals surface area contributed by atoms with Crippen molar-refractivity contribution >= 4 is 29.1 Å². The van der Waals surface area contributed by atoms with Crippen molar-refractivity contribution in [2.24, 2.45) is 0 Å². The van der Waals surface area contributed by atoms with Gasteiger partial charge >= 0.3 is 6.03 Å². The molecule has 2 aliphatic rings. The second-order valence-corrected chi connectivity index (χ2v) is 9.04. The maximum absolute atomic E-state index is 12.9. The topological polar surface area (TPSA) is 96.0 Å². The monoisotopic (exact) mass is 487 g/mol. The van der Waals surface area contributed by atoms with Crippen molar-refractivity contribution in [3.05, 3.63) is 71.9 Å². The maximum atomic E-state index is 12.9. The summed E-state index contributed by atoms with van der Waals surface area (Å²) in [6.07, 6.45) is 1.70. The first-order valence-corrected chi connectivity index (χ1v) is 12.1. The molecule has 2 aromatic carbocycles. The first-order chi connectivity index (χ1) is 17.5. The van der Waals surface area contributed by atoms with Crippen molar-refractivity contribution in [2.45, 2.75) is 19.8 Å². The van der Waals surface area contributed by atoms with Gasteiger partial charge in [-0.15, -0.1) is 0 Å². The zero-order valence-electron chi connectivity index (χ0n) is 20.4. The average Bonchev–Trinajstić information content (AvgIpc) is 3.37. The second-order valence-electron chi connectivity index (χ2n) is 9.04. The number of carbonyl (C=O) groups is 2. The van der Waals surface area contributed by atoms with Gasteiger partial charge in [0.25, 0.3) is 5.91 Å². The molecule has 36 heavy (non-hydrogen) atoms. The van der Waals surface area contributed by atoms with Crippen LogP contribution in [-0.4, -0.2) is 54.8 Å². The van der Waals surface area contributed by atoms with Gasteiger partial charge < -0.3 is 29.9 Å². The van der Waals surface area contributed by atoms with Gasteiger partial charge in [-0.05, 0) is 47.9 Å². The summed E-state index contributed by atoms with van der Waals surface area (Å²) in [5.41, 5.74) is 3.04.